The molecule has 2 rings (SSSR count). The van der Waals surface area contributed by atoms with E-state index < -0.39 is 10.8 Å². The summed E-state index contributed by atoms with van der Waals surface area (Å²) in [4.78, 5) is 11.7. The first-order valence-corrected chi connectivity index (χ1v) is 7.40. The number of amides is 2. The topological polar surface area (TPSA) is 84.2 Å². The van der Waals surface area contributed by atoms with Crippen LogP contribution in [0.3, 0.4) is 0 Å². The van der Waals surface area contributed by atoms with Crippen molar-refractivity contribution in [2.75, 3.05) is 22.6 Å². The molecule has 98 valence electrons. The van der Waals surface area contributed by atoms with Gasteiger partial charge in [0.25, 0.3) is 0 Å². The maximum absolute atomic E-state index is 11.7. The molecular weight excluding hydrogens is 250 g/mol. The number of carbonyl (C=O) groups excluding carboxylic acids is 1. The molecule has 0 bridgehead atoms. The lowest BCUT2D eigenvalue weighted by Gasteiger charge is -2.22. The van der Waals surface area contributed by atoms with Crippen LogP contribution in [-0.2, 0) is 10.8 Å². The fourth-order valence-electron chi connectivity index (χ4n) is 1.86. The number of nitrogens with one attached hydrogen (secondary N) is 2. The van der Waals surface area contributed by atoms with E-state index in [2.05, 4.69) is 10.6 Å². The van der Waals surface area contributed by atoms with Gasteiger partial charge in [-0.25, -0.2) is 4.79 Å². The van der Waals surface area contributed by atoms with Gasteiger partial charge in [0.1, 0.15) is 0 Å². The molecule has 4 N–H and O–H groups in total. The molecule has 1 fully saturated rings. The van der Waals surface area contributed by atoms with Crippen LogP contribution in [0.2, 0.25) is 0 Å². The summed E-state index contributed by atoms with van der Waals surface area (Å²) in [6.07, 6.45) is 1.56. The molecule has 18 heavy (non-hydrogen) atoms. The van der Waals surface area contributed by atoms with E-state index in [1.165, 1.54) is 0 Å². The average molecular weight is 267 g/mol. The third-order valence-corrected chi connectivity index (χ3v) is 4.27. The molecule has 1 saturated heterocycles. The molecule has 0 spiro atoms. The molecule has 5 nitrogen and oxygen atoms in total. The number of hydrogen-bond acceptors (Lipinski definition) is 3. The summed E-state index contributed by atoms with van der Waals surface area (Å²) in [5.74, 6) is 1.35. The molecule has 2 amide bonds. The van der Waals surface area contributed by atoms with Crippen molar-refractivity contribution in [2.24, 2.45) is 0 Å². The molecule has 0 aliphatic carbocycles. The number of hydrogen-bond donors (Lipinski definition) is 3. The fraction of sp³-hybridized carbons (Fsp3) is 0.417. The summed E-state index contributed by atoms with van der Waals surface area (Å²) in [6, 6.07) is 6.88. The highest BCUT2D eigenvalue weighted by molar-refractivity contribution is 7.85. The van der Waals surface area contributed by atoms with E-state index in [0.717, 1.165) is 12.8 Å². The van der Waals surface area contributed by atoms with Gasteiger partial charge in [0.05, 0.1) is 0 Å². The van der Waals surface area contributed by atoms with E-state index in [4.69, 9.17) is 5.73 Å². The quantitative estimate of drug-likeness (QED) is 0.706. The third kappa shape index (κ3) is 3.73. The largest absolute Gasteiger partial charge is 0.399 e. The lowest BCUT2D eigenvalue weighted by Crippen LogP contribution is -2.41. The Kier molecular flexibility index (Phi) is 4.19. The standard InChI is InChI=1S/C12H17N3O2S/c13-9-1-3-10(4-2-9)14-12(16)15-11-5-7-18(17)8-6-11/h1-4,11H,5-8,13H2,(H2,14,15,16). The fourth-order valence-corrected chi connectivity index (χ4v) is 3.16. The Labute approximate surface area is 109 Å². The molecule has 0 unspecified atom stereocenters. The summed E-state index contributed by atoms with van der Waals surface area (Å²) in [5.41, 5.74) is 6.93. The van der Waals surface area contributed by atoms with Crippen molar-refractivity contribution in [1.82, 2.24) is 5.32 Å². The Bertz CT molecular complexity index is 437. The van der Waals surface area contributed by atoms with Crippen molar-refractivity contribution >= 4 is 28.2 Å². The van der Waals surface area contributed by atoms with Crippen molar-refractivity contribution in [3.8, 4) is 0 Å². The van der Waals surface area contributed by atoms with Gasteiger partial charge in [-0.05, 0) is 37.1 Å². The van der Waals surface area contributed by atoms with E-state index in [0.29, 0.717) is 22.9 Å². The summed E-state index contributed by atoms with van der Waals surface area (Å²) in [5, 5.41) is 5.63. The Morgan fingerprint density at radius 2 is 1.83 bits per heavy atom. The van der Waals surface area contributed by atoms with Crippen molar-refractivity contribution in [1.29, 1.82) is 0 Å². The van der Waals surface area contributed by atoms with Crippen molar-refractivity contribution in [2.45, 2.75) is 18.9 Å². The van der Waals surface area contributed by atoms with Crippen LogP contribution in [0.25, 0.3) is 0 Å². The molecule has 0 radical (unpaired) electrons. The molecular formula is C12H17N3O2S. The normalized spacial score (nSPS) is 23.3. The molecule has 1 aromatic carbocycles. The average Bonchev–Trinajstić information content (AvgIpc) is 2.35. The highest BCUT2D eigenvalue weighted by atomic mass is 32.2. The molecule has 1 aliphatic heterocycles. The van der Waals surface area contributed by atoms with Crippen LogP contribution in [0.4, 0.5) is 16.2 Å². The number of benzene rings is 1. The molecule has 0 saturated carbocycles. The second kappa shape index (κ2) is 5.86. The SMILES string of the molecule is Nc1ccc(NC(=O)NC2CCS(=O)CC2)cc1. The molecule has 1 aliphatic rings. The summed E-state index contributed by atoms with van der Waals surface area (Å²) >= 11 is 0. The Morgan fingerprint density at radius 3 is 2.44 bits per heavy atom. The minimum atomic E-state index is -0.702. The van der Waals surface area contributed by atoms with Gasteiger partial charge in [0.2, 0.25) is 0 Å². The van der Waals surface area contributed by atoms with Crippen LogP contribution in [0, 0.1) is 0 Å². The molecule has 1 aromatic rings. The number of rotatable bonds is 2. The van der Waals surface area contributed by atoms with Gasteiger partial charge >= 0.3 is 6.03 Å². The van der Waals surface area contributed by atoms with E-state index in [9.17, 15) is 9.00 Å². The molecule has 0 aromatic heterocycles. The van der Waals surface area contributed by atoms with Gasteiger partial charge in [0, 0.05) is 39.7 Å². The van der Waals surface area contributed by atoms with Crippen LogP contribution >= 0.6 is 0 Å². The van der Waals surface area contributed by atoms with Crippen LogP contribution in [0.5, 0.6) is 0 Å². The summed E-state index contributed by atoms with van der Waals surface area (Å²) in [6.45, 7) is 0. The zero-order valence-electron chi connectivity index (χ0n) is 10.0. The van der Waals surface area contributed by atoms with Gasteiger partial charge in [-0.3, -0.25) is 4.21 Å². The second-order valence-corrected chi connectivity index (χ2v) is 6.04. The monoisotopic (exact) mass is 267 g/mol. The van der Waals surface area contributed by atoms with E-state index in [1.807, 2.05) is 0 Å². The lowest BCUT2D eigenvalue weighted by molar-refractivity contribution is 0.247. The van der Waals surface area contributed by atoms with Gasteiger partial charge in [0.15, 0.2) is 0 Å². The number of urea groups is 1. The third-order valence-electron chi connectivity index (χ3n) is 2.89. The molecule has 1 heterocycles. The summed E-state index contributed by atoms with van der Waals surface area (Å²) in [7, 11) is -0.702. The van der Waals surface area contributed by atoms with Crippen molar-refractivity contribution in [3.05, 3.63) is 24.3 Å². The zero-order valence-corrected chi connectivity index (χ0v) is 10.8. The lowest BCUT2D eigenvalue weighted by atomic mass is 10.2. The highest BCUT2D eigenvalue weighted by Gasteiger charge is 2.19. The van der Waals surface area contributed by atoms with Gasteiger partial charge in [-0.1, -0.05) is 0 Å². The van der Waals surface area contributed by atoms with Gasteiger partial charge < -0.3 is 16.4 Å². The number of carbonyl (C=O) groups is 1. The first-order chi connectivity index (χ1) is 8.63. The van der Waals surface area contributed by atoms with Crippen LogP contribution in [0.15, 0.2) is 24.3 Å². The van der Waals surface area contributed by atoms with E-state index in [-0.39, 0.29) is 12.1 Å². The first kappa shape index (κ1) is 12.9. The van der Waals surface area contributed by atoms with Crippen LogP contribution in [-0.4, -0.2) is 27.8 Å². The Balaban J connectivity index is 1.81. The molecule has 0 atom stereocenters. The van der Waals surface area contributed by atoms with E-state index >= 15 is 0 Å². The van der Waals surface area contributed by atoms with Crippen molar-refractivity contribution < 1.29 is 9.00 Å². The minimum absolute atomic E-state index is 0.122. The van der Waals surface area contributed by atoms with E-state index in [1.54, 1.807) is 24.3 Å². The predicted molar refractivity (Wildman–Crippen MR) is 73.9 cm³/mol. The Hall–Kier alpha value is -1.56. The Morgan fingerprint density at radius 1 is 1.22 bits per heavy atom. The maximum atomic E-state index is 11.7. The number of nitrogen functional groups attached to an aromatic ring is 1. The summed E-state index contributed by atoms with van der Waals surface area (Å²) < 4.78 is 11.2. The maximum Gasteiger partial charge on any atom is 0.319 e. The van der Waals surface area contributed by atoms with Crippen molar-refractivity contribution in [3.63, 3.8) is 0 Å². The smallest absolute Gasteiger partial charge is 0.319 e. The predicted octanol–water partition coefficient (Wildman–Crippen LogP) is 1.30. The molecule has 6 heteroatoms. The zero-order chi connectivity index (χ0) is 13.0. The minimum Gasteiger partial charge on any atom is -0.399 e. The first-order valence-electron chi connectivity index (χ1n) is 5.91. The van der Waals surface area contributed by atoms with Gasteiger partial charge in [-0.2, -0.15) is 0 Å². The van der Waals surface area contributed by atoms with Gasteiger partial charge in [-0.15, -0.1) is 0 Å². The van der Waals surface area contributed by atoms with Crippen LogP contribution in [0.1, 0.15) is 12.8 Å². The van der Waals surface area contributed by atoms with Crippen LogP contribution < -0.4 is 16.4 Å². The number of nitrogens with two attached hydrogens (primary N) is 1. The highest BCUT2D eigenvalue weighted by Crippen LogP contribution is 2.12. The number of anilines is 2. The second-order valence-electron chi connectivity index (χ2n) is 4.34.